The second kappa shape index (κ2) is 10.3. The fourth-order valence-electron chi connectivity index (χ4n) is 3.43. The molecule has 7 N–H and O–H groups in total. The van der Waals surface area contributed by atoms with Gasteiger partial charge < -0.3 is 54.7 Å². The number of ether oxygens (including phenoxy) is 4. The van der Waals surface area contributed by atoms with Crippen molar-refractivity contribution in [3.63, 3.8) is 0 Å². The molecule has 180 valence electrons. The van der Waals surface area contributed by atoms with Crippen LogP contribution < -0.4 is 4.74 Å². The summed E-state index contributed by atoms with van der Waals surface area (Å²) in [7, 11) is 0. The normalized spacial score (nSPS) is 40.1. The maximum absolute atomic E-state index is 10.8. The van der Waals surface area contributed by atoms with Gasteiger partial charge >= 0.3 is 0 Å². The molecule has 2 fully saturated rings. The van der Waals surface area contributed by atoms with Crippen LogP contribution in [0.1, 0.15) is 0 Å². The molecular weight excluding hydrogens is 438 g/mol. The molecule has 2 saturated heterocycles. The monoisotopic (exact) mass is 463 g/mol. The largest absolute Gasteiger partial charge is 0.462 e. The van der Waals surface area contributed by atoms with Gasteiger partial charge in [0.05, 0.1) is 18.1 Å². The van der Waals surface area contributed by atoms with Gasteiger partial charge in [0.1, 0.15) is 54.6 Å². The second-order valence-corrected chi connectivity index (χ2v) is 7.37. The van der Waals surface area contributed by atoms with Crippen molar-refractivity contribution in [1.29, 1.82) is 0 Å². The predicted molar refractivity (Wildman–Crippen MR) is 100 cm³/mol. The van der Waals surface area contributed by atoms with Crippen LogP contribution in [0.25, 0.3) is 0 Å². The molecule has 2 heterocycles. The highest BCUT2D eigenvalue weighted by molar-refractivity contribution is 5.36. The van der Waals surface area contributed by atoms with Gasteiger partial charge in [-0.15, -0.1) is 0 Å². The first-order valence-electron chi connectivity index (χ1n) is 9.67. The highest BCUT2D eigenvalue weighted by Gasteiger charge is 2.51. The van der Waals surface area contributed by atoms with Gasteiger partial charge in [-0.2, -0.15) is 0 Å². The molecule has 1 aromatic rings. The first-order chi connectivity index (χ1) is 15.2. The molecule has 0 radical (unpaired) electrons. The Labute approximate surface area is 180 Å². The van der Waals surface area contributed by atoms with Crippen molar-refractivity contribution < 1.29 is 59.6 Å². The number of benzene rings is 1. The van der Waals surface area contributed by atoms with E-state index in [0.717, 1.165) is 12.1 Å². The third-order valence-corrected chi connectivity index (χ3v) is 5.26. The summed E-state index contributed by atoms with van der Waals surface area (Å²) < 4.78 is 21.5. The number of nitro groups is 1. The lowest BCUT2D eigenvalue weighted by molar-refractivity contribution is -0.384. The van der Waals surface area contributed by atoms with E-state index in [0.29, 0.717) is 0 Å². The lowest BCUT2D eigenvalue weighted by Gasteiger charge is -2.45. The molecule has 3 rings (SSSR count). The fourth-order valence-corrected chi connectivity index (χ4v) is 3.43. The van der Waals surface area contributed by atoms with Crippen LogP contribution in [0.15, 0.2) is 24.3 Å². The number of nitrogens with zero attached hydrogens (tertiary/aromatic N) is 1. The highest BCUT2D eigenvalue weighted by Crippen LogP contribution is 2.30. The van der Waals surface area contributed by atoms with Gasteiger partial charge in [0.15, 0.2) is 6.29 Å². The van der Waals surface area contributed by atoms with Crippen molar-refractivity contribution in [3.05, 3.63) is 34.4 Å². The van der Waals surface area contributed by atoms with Crippen molar-refractivity contribution in [2.45, 2.75) is 61.4 Å². The van der Waals surface area contributed by atoms with Crippen LogP contribution in [-0.4, -0.2) is 115 Å². The minimum Gasteiger partial charge on any atom is -0.462 e. The summed E-state index contributed by atoms with van der Waals surface area (Å²) in [5.74, 6) is 0.0688. The Kier molecular flexibility index (Phi) is 7.94. The van der Waals surface area contributed by atoms with Crippen molar-refractivity contribution in [3.8, 4) is 5.75 Å². The Bertz CT molecular complexity index is 762. The number of aliphatic hydroxyl groups is 7. The van der Waals surface area contributed by atoms with E-state index in [1.165, 1.54) is 12.1 Å². The Morgan fingerprint density at radius 1 is 0.812 bits per heavy atom. The molecule has 0 unspecified atom stereocenters. The number of nitro benzene ring substituents is 1. The van der Waals surface area contributed by atoms with E-state index in [2.05, 4.69) is 0 Å². The predicted octanol–water partition coefficient (Wildman–Crippen LogP) is -3.40. The van der Waals surface area contributed by atoms with Crippen LogP contribution in [-0.2, 0) is 14.2 Å². The molecule has 2 aliphatic heterocycles. The van der Waals surface area contributed by atoms with Crippen LogP contribution in [0.3, 0.4) is 0 Å². The van der Waals surface area contributed by atoms with Crippen molar-refractivity contribution in [2.75, 3.05) is 13.2 Å². The summed E-state index contributed by atoms with van der Waals surface area (Å²) in [6.45, 7) is -1.42. The number of rotatable bonds is 7. The third-order valence-electron chi connectivity index (χ3n) is 5.26. The summed E-state index contributed by atoms with van der Waals surface area (Å²) in [5.41, 5.74) is -0.199. The van der Waals surface area contributed by atoms with E-state index < -0.39 is 79.5 Å². The molecule has 0 aromatic heterocycles. The van der Waals surface area contributed by atoms with Crippen LogP contribution in [0, 0.1) is 10.1 Å². The van der Waals surface area contributed by atoms with Gasteiger partial charge in [0, 0.05) is 12.1 Å². The molecule has 0 saturated carbocycles. The van der Waals surface area contributed by atoms with Crippen LogP contribution in [0.5, 0.6) is 5.75 Å². The van der Waals surface area contributed by atoms with Gasteiger partial charge in [0.2, 0.25) is 6.29 Å². The van der Waals surface area contributed by atoms with Gasteiger partial charge in [-0.25, -0.2) is 0 Å². The molecule has 0 aliphatic carbocycles. The zero-order valence-electron chi connectivity index (χ0n) is 16.5. The van der Waals surface area contributed by atoms with E-state index in [4.69, 9.17) is 18.9 Å². The Balaban J connectivity index is 1.76. The van der Waals surface area contributed by atoms with Gasteiger partial charge in [0.25, 0.3) is 5.69 Å². The SMILES string of the molecule is O=[N+]([O-])c1ccc(O[C@H]2O[C@H](CO)[C@H](O)[C@H](O[C@H]3O[C@H](CO)[C@H](O)[C@H](O)[C@H]3O)[C@H]2O)cc1. The second-order valence-electron chi connectivity index (χ2n) is 7.37. The molecule has 10 atom stereocenters. The fraction of sp³-hybridized carbons (Fsp3) is 0.667. The van der Waals surface area contributed by atoms with Gasteiger partial charge in [-0.05, 0) is 12.1 Å². The first-order valence-corrected chi connectivity index (χ1v) is 9.67. The third kappa shape index (κ3) is 4.99. The first kappa shape index (κ1) is 24.7. The minimum absolute atomic E-state index is 0.0688. The maximum atomic E-state index is 10.8. The quantitative estimate of drug-likeness (QED) is 0.155. The molecule has 0 amide bonds. The average molecular weight is 463 g/mol. The van der Waals surface area contributed by atoms with Gasteiger partial charge in [-0.3, -0.25) is 10.1 Å². The number of hydrogen-bond donors (Lipinski definition) is 7. The number of hydrogen-bond acceptors (Lipinski definition) is 13. The standard InChI is InChI=1S/C18H25NO13/c20-5-9-11(22)13(24)14(25)17(30-9)32-16-12(23)10(6-21)31-18(15(16)26)29-8-3-1-7(2-4-8)19(27)28/h1-4,9-18,20-26H,5-6H2/t9-,10-,11+,12+,13+,14-,15-,16+,17-,18+/m1/s1. The highest BCUT2D eigenvalue weighted by atomic mass is 16.7. The molecule has 32 heavy (non-hydrogen) atoms. The van der Waals surface area contributed by atoms with E-state index in [-0.39, 0.29) is 11.4 Å². The zero-order chi connectivity index (χ0) is 23.6. The van der Waals surface area contributed by atoms with Crippen molar-refractivity contribution in [2.24, 2.45) is 0 Å². The lowest BCUT2D eigenvalue weighted by atomic mass is 9.97. The van der Waals surface area contributed by atoms with Crippen LogP contribution >= 0.6 is 0 Å². The van der Waals surface area contributed by atoms with E-state index in [9.17, 15) is 45.9 Å². The molecule has 0 spiro atoms. The molecule has 1 aromatic carbocycles. The summed E-state index contributed by atoms with van der Waals surface area (Å²) >= 11 is 0. The summed E-state index contributed by atoms with van der Waals surface area (Å²) in [4.78, 5) is 10.2. The summed E-state index contributed by atoms with van der Waals surface area (Å²) in [6, 6.07) is 4.82. The van der Waals surface area contributed by atoms with Crippen molar-refractivity contribution >= 4 is 5.69 Å². The molecule has 14 nitrogen and oxygen atoms in total. The molecule has 0 bridgehead atoms. The average Bonchev–Trinajstić information content (AvgIpc) is 2.78. The summed E-state index contributed by atoms with van der Waals surface area (Å²) in [6.07, 6.45) is -15.8. The van der Waals surface area contributed by atoms with E-state index in [1.807, 2.05) is 0 Å². The molecule has 2 aliphatic rings. The number of aliphatic hydroxyl groups excluding tert-OH is 7. The maximum Gasteiger partial charge on any atom is 0.269 e. The number of non-ortho nitro benzene ring substituents is 1. The van der Waals surface area contributed by atoms with Crippen molar-refractivity contribution in [1.82, 2.24) is 0 Å². The van der Waals surface area contributed by atoms with Crippen LogP contribution in [0.4, 0.5) is 5.69 Å². The molecule has 14 heteroatoms. The van der Waals surface area contributed by atoms with Gasteiger partial charge in [-0.1, -0.05) is 0 Å². The Morgan fingerprint density at radius 3 is 1.94 bits per heavy atom. The van der Waals surface area contributed by atoms with Crippen LogP contribution in [0.2, 0.25) is 0 Å². The minimum atomic E-state index is -1.79. The Morgan fingerprint density at radius 2 is 1.38 bits per heavy atom. The van der Waals surface area contributed by atoms with E-state index >= 15 is 0 Å². The topological polar surface area (TPSA) is 222 Å². The smallest absolute Gasteiger partial charge is 0.269 e. The summed E-state index contributed by atoms with van der Waals surface area (Å²) in [5, 5.41) is 80.6. The zero-order valence-corrected chi connectivity index (χ0v) is 16.5. The molecular formula is C18H25NO13. The lowest BCUT2D eigenvalue weighted by Crippen LogP contribution is -2.65. The Hall–Kier alpha value is -1.98. The van der Waals surface area contributed by atoms with E-state index in [1.54, 1.807) is 0 Å².